The van der Waals surface area contributed by atoms with Gasteiger partial charge in [-0.1, -0.05) is 37.3 Å². The van der Waals surface area contributed by atoms with E-state index < -0.39 is 0 Å². The molecule has 0 aromatic heterocycles. The Hall–Kier alpha value is -0.900. The molecule has 25 heavy (non-hydrogen) atoms. The lowest BCUT2D eigenvalue weighted by molar-refractivity contribution is -0.211. The summed E-state index contributed by atoms with van der Waals surface area (Å²) in [6.45, 7) is 11.3. The van der Waals surface area contributed by atoms with Gasteiger partial charge in [-0.3, -0.25) is 4.90 Å². The second-order valence-electron chi connectivity index (χ2n) is 8.80. The van der Waals surface area contributed by atoms with Crippen LogP contribution in [0.15, 0.2) is 30.3 Å². The van der Waals surface area contributed by atoms with Crippen molar-refractivity contribution >= 4 is 0 Å². The van der Waals surface area contributed by atoms with E-state index in [9.17, 15) is 0 Å². The van der Waals surface area contributed by atoms with Gasteiger partial charge in [0.15, 0.2) is 0 Å². The molecule has 1 aromatic rings. The predicted molar refractivity (Wildman–Crippen MR) is 105 cm³/mol. The van der Waals surface area contributed by atoms with Gasteiger partial charge in [-0.2, -0.15) is 0 Å². The van der Waals surface area contributed by atoms with Crippen molar-refractivity contribution in [3.63, 3.8) is 0 Å². The average Bonchev–Trinajstić information content (AvgIpc) is 2.59. The SMILES string of the molecule is CCN1CC(C)(C)OC2(CCC(N(C)CCc3ccccc3)CC2)C1. The molecule has 1 spiro atoms. The number of nitrogens with zero attached hydrogens (tertiary/aromatic N) is 2. The molecule has 2 aliphatic rings. The van der Waals surface area contributed by atoms with Crippen LogP contribution < -0.4 is 0 Å². The van der Waals surface area contributed by atoms with E-state index in [2.05, 4.69) is 68.0 Å². The average molecular weight is 345 g/mol. The maximum absolute atomic E-state index is 6.63. The Morgan fingerprint density at radius 1 is 1.12 bits per heavy atom. The molecule has 1 aliphatic carbocycles. The molecule has 3 heteroatoms. The minimum atomic E-state index is -0.0136. The third-order valence-corrected chi connectivity index (χ3v) is 6.14. The number of ether oxygens (including phenoxy) is 1. The first kappa shape index (κ1) is 18.9. The molecule has 0 atom stereocenters. The third kappa shape index (κ3) is 4.84. The fourth-order valence-electron chi connectivity index (χ4n) is 4.84. The van der Waals surface area contributed by atoms with Gasteiger partial charge in [-0.05, 0) is 65.1 Å². The Morgan fingerprint density at radius 3 is 2.44 bits per heavy atom. The molecular formula is C22H36N2O. The fourth-order valence-corrected chi connectivity index (χ4v) is 4.84. The summed E-state index contributed by atoms with van der Waals surface area (Å²) in [5.41, 5.74) is 1.52. The maximum Gasteiger partial charge on any atom is 0.0817 e. The largest absolute Gasteiger partial charge is 0.366 e. The quantitative estimate of drug-likeness (QED) is 0.804. The molecule has 1 saturated carbocycles. The van der Waals surface area contributed by atoms with Crippen LogP contribution in [0.25, 0.3) is 0 Å². The van der Waals surface area contributed by atoms with E-state index in [1.165, 1.54) is 31.2 Å². The summed E-state index contributed by atoms with van der Waals surface area (Å²) in [6.07, 6.45) is 6.07. The topological polar surface area (TPSA) is 15.7 Å². The van der Waals surface area contributed by atoms with E-state index in [1.54, 1.807) is 0 Å². The summed E-state index contributed by atoms with van der Waals surface area (Å²) in [4.78, 5) is 5.16. The Balaban J connectivity index is 1.52. The minimum absolute atomic E-state index is 0.0136. The molecule has 1 saturated heterocycles. The maximum atomic E-state index is 6.63. The Morgan fingerprint density at radius 2 is 1.80 bits per heavy atom. The molecule has 1 aliphatic heterocycles. The van der Waals surface area contributed by atoms with Gasteiger partial charge in [0, 0.05) is 25.7 Å². The van der Waals surface area contributed by atoms with E-state index in [4.69, 9.17) is 4.74 Å². The van der Waals surface area contributed by atoms with Crippen LogP contribution in [-0.4, -0.2) is 60.3 Å². The van der Waals surface area contributed by atoms with Crippen LogP contribution in [0.2, 0.25) is 0 Å². The summed E-state index contributed by atoms with van der Waals surface area (Å²) >= 11 is 0. The smallest absolute Gasteiger partial charge is 0.0817 e. The number of benzene rings is 1. The normalized spacial score (nSPS) is 30.0. The first-order chi connectivity index (χ1) is 11.9. The van der Waals surface area contributed by atoms with Crippen LogP contribution in [0.5, 0.6) is 0 Å². The number of hydrogen-bond donors (Lipinski definition) is 0. The zero-order valence-electron chi connectivity index (χ0n) is 16.6. The molecule has 0 amide bonds. The van der Waals surface area contributed by atoms with Crippen molar-refractivity contribution < 1.29 is 4.74 Å². The van der Waals surface area contributed by atoms with Crippen molar-refractivity contribution in [2.45, 2.75) is 70.1 Å². The molecule has 3 rings (SSSR count). The summed E-state index contributed by atoms with van der Waals surface area (Å²) in [5.74, 6) is 0. The molecule has 3 nitrogen and oxygen atoms in total. The molecule has 1 aromatic carbocycles. The van der Waals surface area contributed by atoms with Gasteiger partial charge < -0.3 is 9.64 Å². The Bertz CT molecular complexity index is 534. The molecule has 1 heterocycles. The van der Waals surface area contributed by atoms with E-state index >= 15 is 0 Å². The van der Waals surface area contributed by atoms with Crippen molar-refractivity contribution in [3.05, 3.63) is 35.9 Å². The van der Waals surface area contributed by atoms with Crippen LogP contribution in [0.4, 0.5) is 0 Å². The molecule has 140 valence electrons. The van der Waals surface area contributed by atoms with Gasteiger partial charge in [0.2, 0.25) is 0 Å². The van der Waals surface area contributed by atoms with E-state index in [0.29, 0.717) is 6.04 Å². The molecular weight excluding hydrogens is 308 g/mol. The van der Waals surface area contributed by atoms with Crippen molar-refractivity contribution in [2.24, 2.45) is 0 Å². The van der Waals surface area contributed by atoms with E-state index in [1.807, 2.05) is 0 Å². The lowest BCUT2D eigenvalue weighted by Crippen LogP contribution is -2.61. The van der Waals surface area contributed by atoms with E-state index in [0.717, 1.165) is 32.6 Å². The first-order valence-electron chi connectivity index (χ1n) is 10.1. The van der Waals surface area contributed by atoms with Crippen LogP contribution in [0.3, 0.4) is 0 Å². The molecule has 0 bridgehead atoms. The standard InChI is InChI=1S/C22H36N2O/c1-5-24-17-21(2,3)25-22(18-24)14-11-20(12-15-22)23(4)16-13-19-9-7-6-8-10-19/h6-10,20H,5,11-18H2,1-4H3. The molecule has 2 fully saturated rings. The summed E-state index contributed by atoms with van der Waals surface area (Å²) in [7, 11) is 2.30. The lowest BCUT2D eigenvalue weighted by atomic mass is 9.79. The molecule has 0 unspecified atom stereocenters. The number of hydrogen-bond acceptors (Lipinski definition) is 3. The number of likely N-dealkylation sites (N-methyl/N-ethyl adjacent to an activating group) is 2. The minimum Gasteiger partial charge on any atom is -0.366 e. The molecule has 0 radical (unpaired) electrons. The van der Waals surface area contributed by atoms with Gasteiger partial charge >= 0.3 is 0 Å². The Labute approximate surface area is 154 Å². The van der Waals surface area contributed by atoms with Gasteiger partial charge in [-0.25, -0.2) is 0 Å². The highest BCUT2D eigenvalue weighted by atomic mass is 16.5. The van der Waals surface area contributed by atoms with Crippen LogP contribution in [-0.2, 0) is 11.2 Å². The zero-order valence-corrected chi connectivity index (χ0v) is 16.6. The van der Waals surface area contributed by atoms with Gasteiger partial charge in [0.25, 0.3) is 0 Å². The van der Waals surface area contributed by atoms with Crippen molar-refractivity contribution in [3.8, 4) is 0 Å². The van der Waals surface area contributed by atoms with Crippen molar-refractivity contribution in [1.29, 1.82) is 0 Å². The lowest BCUT2D eigenvalue weighted by Gasteiger charge is -2.53. The number of morpholine rings is 1. The fraction of sp³-hybridized carbons (Fsp3) is 0.727. The van der Waals surface area contributed by atoms with Gasteiger partial charge in [0.1, 0.15) is 0 Å². The zero-order chi connectivity index (χ0) is 17.9. The summed E-state index contributed by atoms with van der Waals surface area (Å²) < 4.78 is 6.63. The van der Waals surface area contributed by atoms with Crippen LogP contribution in [0, 0.1) is 0 Å². The Kier molecular flexibility index (Phi) is 5.87. The van der Waals surface area contributed by atoms with Crippen LogP contribution in [0.1, 0.15) is 52.0 Å². The highest BCUT2D eigenvalue weighted by molar-refractivity contribution is 5.14. The van der Waals surface area contributed by atoms with Crippen molar-refractivity contribution in [1.82, 2.24) is 9.80 Å². The summed E-state index contributed by atoms with van der Waals surface area (Å²) in [5, 5.41) is 0. The van der Waals surface area contributed by atoms with Crippen LogP contribution >= 0.6 is 0 Å². The highest BCUT2D eigenvalue weighted by Gasteiger charge is 2.46. The summed E-state index contributed by atoms with van der Waals surface area (Å²) in [6, 6.07) is 11.6. The van der Waals surface area contributed by atoms with Gasteiger partial charge in [-0.15, -0.1) is 0 Å². The third-order valence-electron chi connectivity index (χ3n) is 6.14. The second-order valence-corrected chi connectivity index (χ2v) is 8.80. The molecule has 0 N–H and O–H groups in total. The van der Waals surface area contributed by atoms with Crippen molar-refractivity contribution in [2.75, 3.05) is 33.2 Å². The van der Waals surface area contributed by atoms with Gasteiger partial charge in [0.05, 0.1) is 11.2 Å². The predicted octanol–water partition coefficient (Wildman–Crippen LogP) is 3.97. The van der Waals surface area contributed by atoms with E-state index in [-0.39, 0.29) is 11.2 Å². The second kappa shape index (κ2) is 7.77. The monoisotopic (exact) mass is 344 g/mol. The number of rotatable bonds is 5. The first-order valence-corrected chi connectivity index (χ1v) is 10.1. The highest BCUT2D eigenvalue weighted by Crippen LogP contribution is 2.40.